The molecule has 0 aliphatic rings. The molecular formula is C14H19NO4S. The molecule has 1 aromatic rings. The summed E-state index contributed by atoms with van der Waals surface area (Å²) in [5, 5.41) is 8.59. The Balaban J connectivity index is 2.72. The van der Waals surface area contributed by atoms with Crippen molar-refractivity contribution >= 4 is 10.0 Å². The van der Waals surface area contributed by atoms with Gasteiger partial charge in [0.25, 0.3) is 0 Å². The maximum atomic E-state index is 12.0. The van der Waals surface area contributed by atoms with Crippen LogP contribution in [0.1, 0.15) is 19.4 Å². The van der Waals surface area contributed by atoms with Crippen molar-refractivity contribution in [3.63, 3.8) is 0 Å². The smallest absolute Gasteiger partial charge is 0.240 e. The van der Waals surface area contributed by atoms with Crippen molar-refractivity contribution in [2.24, 2.45) is 0 Å². The first kappa shape index (κ1) is 16.7. The molecule has 2 N–H and O–H groups in total. The highest BCUT2D eigenvalue weighted by molar-refractivity contribution is 7.89. The van der Waals surface area contributed by atoms with E-state index < -0.39 is 10.0 Å². The summed E-state index contributed by atoms with van der Waals surface area (Å²) in [4.78, 5) is 0.177. The Morgan fingerprint density at radius 2 is 2.00 bits per heavy atom. The summed E-state index contributed by atoms with van der Waals surface area (Å²) in [6.45, 7) is 4.21. The molecule has 0 amide bonds. The number of sulfonamides is 1. The number of aliphatic hydroxyl groups excluding tert-OH is 1. The highest BCUT2D eigenvalue weighted by atomic mass is 32.2. The maximum absolute atomic E-state index is 12.0. The van der Waals surface area contributed by atoms with E-state index in [1.54, 1.807) is 19.1 Å². The van der Waals surface area contributed by atoms with E-state index in [9.17, 15) is 8.42 Å². The lowest BCUT2D eigenvalue weighted by Crippen LogP contribution is -2.32. The van der Waals surface area contributed by atoms with E-state index in [4.69, 9.17) is 9.84 Å². The molecule has 0 fully saturated rings. The molecule has 5 nitrogen and oxygen atoms in total. The molecule has 0 spiro atoms. The van der Waals surface area contributed by atoms with Crippen LogP contribution in [0.4, 0.5) is 0 Å². The Morgan fingerprint density at radius 3 is 2.55 bits per heavy atom. The number of hydrogen-bond acceptors (Lipinski definition) is 4. The molecule has 1 atom stereocenters. The zero-order chi connectivity index (χ0) is 15.0. The molecule has 110 valence electrons. The molecule has 1 aromatic carbocycles. The van der Waals surface area contributed by atoms with Gasteiger partial charge in [0.05, 0.1) is 11.0 Å². The summed E-state index contributed by atoms with van der Waals surface area (Å²) in [6.07, 6.45) is -0.176. The van der Waals surface area contributed by atoms with E-state index in [1.807, 2.05) is 6.92 Å². The van der Waals surface area contributed by atoms with Crippen LogP contribution in [0, 0.1) is 11.8 Å². The molecule has 0 aliphatic heterocycles. The Morgan fingerprint density at radius 1 is 1.35 bits per heavy atom. The van der Waals surface area contributed by atoms with Crippen LogP contribution in [0.25, 0.3) is 0 Å². The molecule has 0 saturated carbocycles. The van der Waals surface area contributed by atoms with Gasteiger partial charge in [-0.1, -0.05) is 11.8 Å². The number of aliphatic hydroxyl groups is 1. The van der Waals surface area contributed by atoms with Crippen molar-refractivity contribution in [2.75, 3.05) is 19.8 Å². The van der Waals surface area contributed by atoms with E-state index in [-0.39, 0.29) is 24.2 Å². The molecule has 1 unspecified atom stereocenters. The van der Waals surface area contributed by atoms with Crippen LogP contribution in [0.2, 0.25) is 0 Å². The molecular weight excluding hydrogens is 278 g/mol. The van der Waals surface area contributed by atoms with Gasteiger partial charge in [0, 0.05) is 18.7 Å². The van der Waals surface area contributed by atoms with Gasteiger partial charge in [-0.05, 0) is 38.1 Å². The molecule has 0 radical (unpaired) electrons. The second kappa shape index (κ2) is 8.02. The van der Waals surface area contributed by atoms with E-state index in [1.165, 1.54) is 12.1 Å². The van der Waals surface area contributed by atoms with Gasteiger partial charge in [0.1, 0.15) is 6.61 Å². The second-order valence-electron chi connectivity index (χ2n) is 4.10. The molecule has 0 bridgehead atoms. The van der Waals surface area contributed by atoms with Gasteiger partial charge >= 0.3 is 0 Å². The van der Waals surface area contributed by atoms with Gasteiger partial charge in [-0.25, -0.2) is 13.1 Å². The fourth-order valence-corrected chi connectivity index (χ4v) is 2.63. The van der Waals surface area contributed by atoms with Crippen LogP contribution in [-0.2, 0) is 14.8 Å². The van der Waals surface area contributed by atoms with E-state index in [0.29, 0.717) is 12.2 Å². The van der Waals surface area contributed by atoms with Gasteiger partial charge in [-0.3, -0.25) is 0 Å². The molecule has 0 saturated heterocycles. The summed E-state index contributed by atoms with van der Waals surface area (Å²) in [7, 11) is -3.54. The van der Waals surface area contributed by atoms with Crippen LogP contribution < -0.4 is 4.72 Å². The minimum absolute atomic E-state index is 0.176. The topological polar surface area (TPSA) is 75.6 Å². The van der Waals surface area contributed by atoms with Gasteiger partial charge in [0.2, 0.25) is 10.0 Å². The van der Waals surface area contributed by atoms with Crippen LogP contribution in [0.3, 0.4) is 0 Å². The number of hydrogen-bond donors (Lipinski definition) is 2. The van der Waals surface area contributed by atoms with Gasteiger partial charge in [0.15, 0.2) is 0 Å². The predicted octanol–water partition coefficient (Wildman–Crippen LogP) is 0.734. The van der Waals surface area contributed by atoms with Gasteiger partial charge in [-0.2, -0.15) is 0 Å². The first-order chi connectivity index (χ1) is 9.49. The van der Waals surface area contributed by atoms with Crippen molar-refractivity contribution in [1.29, 1.82) is 0 Å². The minimum atomic E-state index is -3.54. The Hall–Kier alpha value is -1.39. The van der Waals surface area contributed by atoms with Crippen LogP contribution >= 0.6 is 0 Å². The Bertz CT molecular complexity index is 569. The average molecular weight is 297 g/mol. The number of benzene rings is 1. The summed E-state index contributed by atoms with van der Waals surface area (Å²) in [5.41, 5.74) is 0.653. The number of rotatable bonds is 6. The van der Waals surface area contributed by atoms with E-state index >= 15 is 0 Å². The third-order valence-corrected chi connectivity index (χ3v) is 3.93. The monoisotopic (exact) mass is 297 g/mol. The fraction of sp³-hybridized carbons (Fsp3) is 0.429. The Kier molecular flexibility index (Phi) is 6.68. The Labute approximate surface area is 120 Å². The van der Waals surface area contributed by atoms with Crippen molar-refractivity contribution in [3.05, 3.63) is 29.8 Å². The first-order valence-corrected chi connectivity index (χ1v) is 7.79. The van der Waals surface area contributed by atoms with Gasteiger partial charge in [-0.15, -0.1) is 0 Å². The van der Waals surface area contributed by atoms with Crippen LogP contribution in [0.15, 0.2) is 29.2 Å². The highest BCUT2D eigenvalue weighted by Crippen LogP contribution is 2.10. The molecule has 6 heteroatoms. The predicted molar refractivity (Wildman–Crippen MR) is 76.7 cm³/mol. The lowest BCUT2D eigenvalue weighted by molar-refractivity contribution is 0.0799. The average Bonchev–Trinajstić information content (AvgIpc) is 2.44. The summed E-state index contributed by atoms with van der Waals surface area (Å²) in [5.74, 6) is 5.21. The molecule has 20 heavy (non-hydrogen) atoms. The molecule has 0 heterocycles. The second-order valence-corrected chi connectivity index (χ2v) is 5.87. The number of nitrogens with one attached hydrogen (secondary N) is 1. The lowest BCUT2D eigenvalue weighted by Gasteiger charge is -2.12. The molecule has 0 aromatic heterocycles. The highest BCUT2D eigenvalue weighted by Gasteiger charge is 2.14. The summed E-state index contributed by atoms with van der Waals surface area (Å²) < 4.78 is 31.8. The van der Waals surface area contributed by atoms with E-state index in [0.717, 1.165) is 0 Å². The third-order valence-electron chi connectivity index (χ3n) is 2.49. The first-order valence-electron chi connectivity index (χ1n) is 6.30. The minimum Gasteiger partial charge on any atom is -0.384 e. The van der Waals surface area contributed by atoms with Crippen LogP contribution in [0.5, 0.6) is 0 Å². The van der Waals surface area contributed by atoms with E-state index in [2.05, 4.69) is 16.6 Å². The van der Waals surface area contributed by atoms with Crippen molar-refractivity contribution < 1.29 is 18.3 Å². The summed E-state index contributed by atoms with van der Waals surface area (Å²) in [6, 6.07) is 6.16. The fourth-order valence-electron chi connectivity index (χ4n) is 1.51. The third kappa shape index (κ3) is 5.31. The zero-order valence-electron chi connectivity index (χ0n) is 11.6. The zero-order valence-corrected chi connectivity index (χ0v) is 12.4. The maximum Gasteiger partial charge on any atom is 0.240 e. The molecule has 1 rings (SSSR count). The van der Waals surface area contributed by atoms with Crippen molar-refractivity contribution in [3.8, 4) is 11.8 Å². The van der Waals surface area contributed by atoms with Crippen LogP contribution in [-0.4, -0.2) is 39.4 Å². The lowest BCUT2D eigenvalue weighted by atomic mass is 10.2. The summed E-state index contributed by atoms with van der Waals surface area (Å²) >= 11 is 0. The quantitative estimate of drug-likeness (QED) is 0.759. The van der Waals surface area contributed by atoms with Gasteiger partial charge < -0.3 is 9.84 Å². The molecule has 0 aliphatic carbocycles. The largest absolute Gasteiger partial charge is 0.384 e. The standard InChI is InChI=1S/C14H19NO4S/c1-3-19-12(2)11-15-20(17,18)14-8-6-13(7-9-14)5-4-10-16/h6-9,12,15-16H,3,10-11H2,1-2H3. The number of ether oxygens (including phenoxy) is 1. The van der Waals surface area contributed by atoms with Crippen molar-refractivity contribution in [1.82, 2.24) is 4.72 Å². The SMILES string of the molecule is CCOC(C)CNS(=O)(=O)c1ccc(C#CCO)cc1. The van der Waals surface area contributed by atoms with Crippen molar-refractivity contribution in [2.45, 2.75) is 24.8 Å². The normalized spacial score (nSPS) is 12.6.